The zero-order valence-electron chi connectivity index (χ0n) is 11.7. The first-order valence-corrected chi connectivity index (χ1v) is 6.91. The molecule has 0 atom stereocenters. The standard InChI is InChI=1S/C17H18FNO2/c18-16-9-5-4-8-15(16)17(21)19(12-13-20)11-10-14-6-2-1-3-7-14/h1-9,20H,10-13H2. The molecule has 0 heterocycles. The van der Waals surface area contributed by atoms with Gasteiger partial charge in [-0.3, -0.25) is 4.79 Å². The summed E-state index contributed by atoms with van der Waals surface area (Å²) < 4.78 is 13.7. The number of hydrogen-bond acceptors (Lipinski definition) is 2. The van der Waals surface area contributed by atoms with Gasteiger partial charge in [0, 0.05) is 13.1 Å². The molecule has 0 aliphatic rings. The van der Waals surface area contributed by atoms with E-state index in [-0.39, 0.29) is 18.7 Å². The van der Waals surface area contributed by atoms with Gasteiger partial charge in [-0.25, -0.2) is 4.39 Å². The van der Waals surface area contributed by atoms with E-state index in [9.17, 15) is 9.18 Å². The van der Waals surface area contributed by atoms with Crippen LogP contribution in [-0.2, 0) is 6.42 Å². The van der Waals surface area contributed by atoms with Crippen molar-refractivity contribution in [2.75, 3.05) is 19.7 Å². The van der Waals surface area contributed by atoms with Crippen molar-refractivity contribution in [1.29, 1.82) is 0 Å². The number of aliphatic hydroxyl groups is 1. The summed E-state index contributed by atoms with van der Waals surface area (Å²) in [4.78, 5) is 13.8. The monoisotopic (exact) mass is 287 g/mol. The molecule has 0 saturated carbocycles. The van der Waals surface area contributed by atoms with Gasteiger partial charge in [0.05, 0.1) is 12.2 Å². The van der Waals surface area contributed by atoms with Crippen LogP contribution in [0, 0.1) is 5.82 Å². The SMILES string of the molecule is O=C(c1ccccc1F)N(CCO)CCc1ccccc1. The summed E-state index contributed by atoms with van der Waals surface area (Å²) >= 11 is 0. The summed E-state index contributed by atoms with van der Waals surface area (Å²) in [5.74, 6) is -0.928. The Bertz CT molecular complexity index is 586. The maximum Gasteiger partial charge on any atom is 0.256 e. The van der Waals surface area contributed by atoms with Gasteiger partial charge < -0.3 is 10.0 Å². The zero-order chi connectivity index (χ0) is 15.1. The summed E-state index contributed by atoms with van der Waals surface area (Å²) in [6, 6.07) is 15.7. The van der Waals surface area contributed by atoms with Crippen molar-refractivity contribution in [3.05, 3.63) is 71.5 Å². The first-order valence-electron chi connectivity index (χ1n) is 6.91. The lowest BCUT2D eigenvalue weighted by atomic mass is 10.1. The van der Waals surface area contributed by atoms with Crippen molar-refractivity contribution < 1.29 is 14.3 Å². The maximum atomic E-state index is 13.7. The highest BCUT2D eigenvalue weighted by Crippen LogP contribution is 2.11. The average Bonchev–Trinajstić information content (AvgIpc) is 2.52. The van der Waals surface area contributed by atoms with Crippen molar-refractivity contribution in [2.45, 2.75) is 6.42 Å². The van der Waals surface area contributed by atoms with Gasteiger partial charge in [0.25, 0.3) is 5.91 Å². The van der Waals surface area contributed by atoms with Gasteiger partial charge in [0.15, 0.2) is 0 Å². The number of hydrogen-bond donors (Lipinski definition) is 1. The van der Waals surface area contributed by atoms with Crippen LogP contribution >= 0.6 is 0 Å². The van der Waals surface area contributed by atoms with E-state index in [2.05, 4.69) is 0 Å². The fourth-order valence-electron chi connectivity index (χ4n) is 2.15. The fraction of sp³-hybridized carbons (Fsp3) is 0.235. The number of benzene rings is 2. The van der Waals surface area contributed by atoms with E-state index < -0.39 is 11.7 Å². The molecule has 4 heteroatoms. The molecule has 0 spiro atoms. The highest BCUT2D eigenvalue weighted by atomic mass is 19.1. The van der Waals surface area contributed by atoms with Gasteiger partial charge in [0.1, 0.15) is 5.82 Å². The minimum Gasteiger partial charge on any atom is -0.395 e. The van der Waals surface area contributed by atoms with Gasteiger partial charge in [-0.05, 0) is 24.1 Å². The number of rotatable bonds is 6. The first-order chi connectivity index (χ1) is 10.2. The Hall–Kier alpha value is -2.20. The molecule has 0 fully saturated rings. The minimum absolute atomic E-state index is 0.0408. The van der Waals surface area contributed by atoms with Crippen LogP contribution in [-0.4, -0.2) is 35.6 Å². The third-order valence-electron chi connectivity index (χ3n) is 3.27. The quantitative estimate of drug-likeness (QED) is 0.887. The lowest BCUT2D eigenvalue weighted by molar-refractivity contribution is 0.0719. The highest BCUT2D eigenvalue weighted by molar-refractivity contribution is 5.94. The predicted octanol–water partition coefficient (Wildman–Crippen LogP) is 2.50. The van der Waals surface area contributed by atoms with E-state index in [0.29, 0.717) is 13.0 Å². The number of nitrogens with zero attached hydrogens (tertiary/aromatic N) is 1. The molecular formula is C17H18FNO2. The normalized spacial score (nSPS) is 10.4. The van der Waals surface area contributed by atoms with Crippen molar-refractivity contribution in [2.24, 2.45) is 0 Å². The van der Waals surface area contributed by atoms with E-state index in [0.717, 1.165) is 5.56 Å². The van der Waals surface area contributed by atoms with Gasteiger partial charge in [0.2, 0.25) is 0 Å². The molecular weight excluding hydrogens is 269 g/mol. The smallest absolute Gasteiger partial charge is 0.256 e. The molecule has 0 radical (unpaired) electrons. The number of amides is 1. The lowest BCUT2D eigenvalue weighted by Crippen LogP contribution is -2.35. The molecule has 2 aromatic rings. The van der Waals surface area contributed by atoms with Crippen molar-refractivity contribution in [1.82, 2.24) is 4.90 Å². The van der Waals surface area contributed by atoms with Crippen LogP contribution in [0.5, 0.6) is 0 Å². The molecule has 21 heavy (non-hydrogen) atoms. The second kappa shape index (κ2) is 7.55. The van der Waals surface area contributed by atoms with Gasteiger partial charge in [-0.1, -0.05) is 42.5 Å². The van der Waals surface area contributed by atoms with Gasteiger partial charge in [-0.2, -0.15) is 0 Å². The van der Waals surface area contributed by atoms with E-state index in [1.165, 1.54) is 17.0 Å². The second-order valence-electron chi connectivity index (χ2n) is 4.73. The highest BCUT2D eigenvalue weighted by Gasteiger charge is 2.18. The minimum atomic E-state index is -0.537. The van der Waals surface area contributed by atoms with Crippen LogP contribution in [0.4, 0.5) is 4.39 Å². The van der Waals surface area contributed by atoms with E-state index in [4.69, 9.17) is 5.11 Å². The molecule has 0 aliphatic heterocycles. The predicted molar refractivity (Wildman–Crippen MR) is 79.5 cm³/mol. The van der Waals surface area contributed by atoms with Crippen molar-refractivity contribution in [3.8, 4) is 0 Å². The van der Waals surface area contributed by atoms with Crippen LogP contribution in [0.15, 0.2) is 54.6 Å². The molecule has 0 aromatic heterocycles. The van der Waals surface area contributed by atoms with Crippen LogP contribution in [0.1, 0.15) is 15.9 Å². The van der Waals surface area contributed by atoms with Crippen molar-refractivity contribution >= 4 is 5.91 Å². The van der Waals surface area contributed by atoms with Gasteiger partial charge in [-0.15, -0.1) is 0 Å². The Morgan fingerprint density at radius 1 is 1.00 bits per heavy atom. The van der Waals surface area contributed by atoms with Crippen LogP contribution in [0.3, 0.4) is 0 Å². The molecule has 1 N–H and O–H groups in total. The van der Waals surface area contributed by atoms with Crippen molar-refractivity contribution in [3.63, 3.8) is 0 Å². The Labute approximate surface area is 123 Å². The van der Waals surface area contributed by atoms with Crippen LogP contribution in [0.25, 0.3) is 0 Å². The zero-order valence-corrected chi connectivity index (χ0v) is 11.7. The number of carbonyl (C=O) groups excluding carboxylic acids is 1. The van der Waals surface area contributed by atoms with Gasteiger partial charge >= 0.3 is 0 Å². The Morgan fingerprint density at radius 3 is 2.33 bits per heavy atom. The largest absolute Gasteiger partial charge is 0.395 e. The molecule has 0 saturated heterocycles. The summed E-state index contributed by atoms with van der Waals surface area (Å²) in [5, 5.41) is 9.11. The van der Waals surface area contributed by atoms with Crippen LogP contribution in [0.2, 0.25) is 0 Å². The molecule has 0 aliphatic carbocycles. The third kappa shape index (κ3) is 4.13. The lowest BCUT2D eigenvalue weighted by Gasteiger charge is -2.22. The van der Waals surface area contributed by atoms with E-state index in [1.807, 2.05) is 30.3 Å². The summed E-state index contributed by atoms with van der Waals surface area (Å²) in [6.07, 6.45) is 0.668. The fourth-order valence-corrected chi connectivity index (χ4v) is 2.15. The maximum absolute atomic E-state index is 13.7. The second-order valence-corrected chi connectivity index (χ2v) is 4.73. The van der Waals surface area contributed by atoms with E-state index in [1.54, 1.807) is 12.1 Å². The average molecular weight is 287 g/mol. The summed E-state index contributed by atoms with van der Waals surface area (Å²) in [7, 11) is 0. The summed E-state index contributed by atoms with van der Waals surface area (Å²) in [5.41, 5.74) is 1.14. The molecule has 3 nitrogen and oxygen atoms in total. The van der Waals surface area contributed by atoms with E-state index >= 15 is 0 Å². The third-order valence-corrected chi connectivity index (χ3v) is 3.27. The Morgan fingerprint density at radius 2 is 1.67 bits per heavy atom. The first kappa shape index (κ1) is 15.2. The summed E-state index contributed by atoms with van der Waals surface area (Å²) in [6.45, 7) is 0.493. The molecule has 0 bridgehead atoms. The topological polar surface area (TPSA) is 40.5 Å². The number of aliphatic hydroxyl groups excluding tert-OH is 1. The van der Waals surface area contributed by atoms with Crippen LogP contribution < -0.4 is 0 Å². The molecule has 1 amide bonds. The molecule has 0 unspecified atom stereocenters. The number of carbonyl (C=O) groups is 1. The molecule has 2 rings (SSSR count). The molecule has 2 aromatic carbocycles. The number of halogens is 1. The Kier molecular flexibility index (Phi) is 5.46. The molecule has 110 valence electrons. The Balaban J connectivity index is 2.08.